The molecule has 0 aliphatic heterocycles. The largest absolute Gasteiger partial charge is 0.497 e. The smallest absolute Gasteiger partial charge is 0.230 e. The fourth-order valence-electron chi connectivity index (χ4n) is 6.50. The van der Waals surface area contributed by atoms with E-state index < -0.39 is 0 Å². The van der Waals surface area contributed by atoms with Crippen molar-refractivity contribution >= 4 is 17.7 Å². The summed E-state index contributed by atoms with van der Waals surface area (Å²) in [6.45, 7) is 4.24. The number of nitrogens with one attached hydrogen (secondary N) is 1. The van der Waals surface area contributed by atoms with E-state index >= 15 is 0 Å². The summed E-state index contributed by atoms with van der Waals surface area (Å²) in [6.07, 6.45) is 7.69. The standard InChI is InChI=1S/C24H32N4O2S/c1-15(2)28-22(19-4-6-20(30-3)7-5-19)26-27-23(28)31-14-21(29)25-24-11-16-8-17(12-24)10-18(9-16)13-24/h4-7,15-18H,8-14H2,1-3H3,(H,25,29). The summed E-state index contributed by atoms with van der Waals surface area (Å²) >= 11 is 1.49. The highest BCUT2D eigenvalue weighted by molar-refractivity contribution is 7.99. The van der Waals surface area contributed by atoms with E-state index in [1.54, 1.807) is 7.11 Å². The quantitative estimate of drug-likeness (QED) is 0.632. The van der Waals surface area contributed by atoms with Crippen molar-refractivity contribution in [1.29, 1.82) is 0 Å². The number of hydrogen-bond acceptors (Lipinski definition) is 5. The van der Waals surface area contributed by atoms with Gasteiger partial charge in [0, 0.05) is 17.1 Å². The predicted octanol–water partition coefficient (Wildman–Crippen LogP) is 4.71. The number of methoxy groups -OCH3 is 1. The molecule has 1 amide bonds. The molecule has 166 valence electrons. The lowest BCUT2D eigenvalue weighted by Gasteiger charge is -2.56. The summed E-state index contributed by atoms with van der Waals surface area (Å²) in [5.74, 6) is 4.64. The van der Waals surface area contributed by atoms with Crippen LogP contribution in [0.2, 0.25) is 0 Å². The second-order valence-corrected chi connectivity index (χ2v) is 11.0. The molecular formula is C24H32N4O2S. The van der Waals surface area contributed by atoms with E-state index in [1.807, 2.05) is 24.3 Å². The lowest BCUT2D eigenvalue weighted by Crippen LogP contribution is -2.60. The van der Waals surface area contributed by atoms with E-state index in [0.29, 0.717) is 5.75 Å². The molecular weight excluding hydrogens is 408 g/mol. The Balaban J connectivity index is 1.27. The first-order chi connectivity index (χ1) is 14.9. The van der Waals surface area contributed by atoms with Gasteiger partial charge in [-0.25, -0.2) is 0 Å². The van der Waals surface area contributed by atoms with Gasteiger partial charge in [-0.3, -0.25) is 9.36 Å². The minimum Gasteiger partial charge on any atom is -0.497 e. The zero-order valence-corrected chi connectivity index (χ0v) is 19.5. The Morgan fingerprint density at radius 3 is 2.29 bits per heavy atom. The molecule has 4 bridgehead atoms. The molecule has 0 spiro atoms. The summed E-state index contributed by atoms with van der Waals surface area (Å²) in [6, 6.07) is 8.05. The van der Waals surface area contributed by atoms with Gasteiger partial charge in [-0.15, -0.1) is 10.2 Å². The maximum absolute atomic E-state index is 12.9. The van der Waals surface area contributed by atoms with Crippen LogP contribution in [0.5, 0.6) is 5.75 Å². The highest BCUT2D eigenvalue weighted by Crippen LogP contribution is 2.55. The molecule has 4 aliphatic rings. The maximum atomic E-state index is 12.9. The topological polar surface area (TPSA) is 69.0 Å². The zero-order valence-electron chi connectivity index (χ0n) is 18.6. The third-order valence-electron chi connectivity index (χ3n) is 7.30. The average molecular weight is 441 g/mol. The van der Waals surface area contributed by atoms with Crippen molar-refractivity contribution in [1.82, 2.24) is 20.1 Å². The van der Waals surface area contributed by atoms with Crippen LogP contribution in [0.1, 0.15) is 58.4 Å². The van der Waals surface area contributed by atoms with Crippen LogP contribution in [-0.4, -0.2) is 39.1 Å². The van der Waals surface area contributed by atoms with Crippen molar-refractivity contribution in [2.24, 2.45) is 17.8 Å². The van der Waals surface area contributed by atoms with Crippen LogP contribution >= 0.6 is 11.8 Å². The Kier molecular flexibility index (Phi) is 5.49. The van der Waals surface area contributed by atoms with Gasteiger partial charge in [-0.05, 0) is 94.4 Å². The van der Waals surface area contributed by atoms with Gasteiger partial charge in [0.1, 0.15) is 5.75 Å². The lowest BCUT2D eigenvalue weighted by molar-refractivity contribution is -0.124. The number of ether oxygens (including phenoxy) is 1. The van der Waals surface area contributed by atoms with E-state index in [1.165, 1.54) is 50.3 Å². The molecule has 4 saturated carbocycles. The summed E-state index contributed by atoms with van der Waals surface area (Å²) in [5, 5.41) is 13.1. The first-order valence-corrected chi connectivity index (χ1v) is 12.5. The Morgan fingerprint density at radius 1 is 1.13 bits per heavy atom. The van der Waals surface area contributed by atoms with Crippen molar-refractivity contribution in [3.8, 4) is 17.1 Å². The fourth-order valence-corrected chi connectivity index (χ4v) is 7.37. The number of aromatic nitrogens is 3. The number of thioether (sulfide) groups is 1. The number of carbonyl (C=O) groups is 1. The lowest BCUT2D eigenvalue weighted by atomic mass is 9.53. The molecule has 0 atom stereocenters. The minimum absolute atomic E-state index is 0.0619. The van der Waals surface area contributed by atoms with Crippen LogP contribution < -0.4 is 10.1 Å². The number of amides is 1. The minimum atomic E-state index is 0.0619. The molecule has 0 radical (unpaired) electrons. The van der Waals surface area contributed by atoms with Gasteiger partial charge in [-0.2, -0.15) is 0 Å². The average Bonchev–Trinajstić information content (AvgIpc) is 3.15. The molecule has 0 unspecified atom stereocenters. The van der Waals surface area contributed by atoms with Gasteiger partial charge < -0.3 is 10.1 Å². The van der Waals surface area contributed by atoms with Gasteiger partial charge in [0.2, 0.25) is 5.91 Å². The van der Waals surface area contributed by atoms with E-state index in [-0.39, 0.29) is 17.5 Å². The molecule has 0 saturated heterocycles. The van der Waals surface area contributed by atoms with Gasteiger partial charge in [0.15, 0.2) is 11.0 Å². The van der Waals surface area contributed by atoms with Crippen molar-refractivity contribution in [3.63, 3.8) is 0 Å². The molecule has 7 heteroatoms. The van der Waals surface area contributed by atoms with Crippen LogP contribution in [0.4, 0.5) is 0 Å². The van der Waals surface area contributed by atoms with Crippen molar-refractivity contribution in [3.05, 3.63) is 24.3 Å². The highest BCUT2D eigenvalue weighted by Gasteiger charge is 2.51. The summed E-state index contributed by atoms with van der Waals surface area (Å²) < 4.78 is 7.38. The van der Waals surface area contributed by atoms with E-state index in [2.05, 4.69) is 33.9 Å². The zero-order chi connectivity index (χ0) is 21.6. The second-order valence-electron chi connectivity index (χ2n) is 10.0. The normalized spacial score (nSPS) is 28.8. The van der Waals surface area contributed by atoms with Gasteiger partial charge in [0.25, 0.3) is 0 Å². The number of carbonyl (C=O) groups excluding carboxylic acids is 1. The molecule has 1 aromatic carbocycles. The Labute approximate surface area is 188 Å². The van der Waals surface area contributed by atoms with Crippen LogP contribution in [0.15, 0.2) is 29.4 Å². The van der Waals surface area contributed by atoms with Crippen molar-refractivity contribution in [2.75, 3.05) is 12.9 Å². The molecule has 1 heterocycles. The number of benzene rings is 1. The van der Waals surface area contributed by atoms with Gasteiger partial charge >= 0.3 is 0 Å². The van der Waals surface area contributed by atoms with Crippen LogP contribution in [0, 0.1) is 17.8 Å². The van der Waals surface area contributed by atoms with Crippen molar-refractivity contribution < 1.29 is 9.53 Å². The molecule has 31 heavy (non-hydrogen) atoms. The number of rotatable bonds is 7. The highest BCUT2D eigenvalue weighted by atomic mass is 32.2. The van der Waals surface area contributed by atoms with Crippen LogP contribution in [0.25, 0.3) is 11.4 Å². The SMILES string of the molecule is COc1ccc(-c2nnc(SCC(=O)NC34CC5CC(CC(C5)C3)C4)n2C(C)C)cc1. The molecule has 2 aromatic rings. The van der Waals surface area contributed by atoms with E-state index in [0.717, 1.165) is 40.0 Å². The Morgan fingerprint density at radius 2 is 1.74 bits per heavy atom. The molecule has 1 aromatic heterocycles. The van der Waals surface area contributed by atoms with E-state index in [9.17, 15) is 4.79 Å². The second kappa shape index (κ2) is 8.15. The van der Waals surface area contributed by atoms with Gasteiger partial charge in [0.05, 0.1) is 12.9 Å². The van der Waals surface area contributed by atoms with Crippen molar-refractivity contribution in [2.45, 2.75) is 69.1 Å². The van der Waals surface area contributed by atoms with Gasteiger partial charge in [-0.1, -0.05) is 11.8 Å². The third kappa shape index (κ3) is 4.09. The maximum Gasteiger partial charge on any atom is 0.230 e. The number of nitrogens with zero attached hydrogens (tertiary/aromatic N) is 3. The monoisotopic (exact) mass is 440 g/mol. The molecule has 4 aliphatic carbocycles. The van der Waals surface area contributed by atoms with Crippen LogP contribution in [-0.2, 0) is 4.79 Å². The molecule has 4 fully saturated rings. The first-order valence-electron chi connectivity index (χ1n) is 11.5. The number of hydrogen-bond donors (Lipinski definition) is 1. The van der Waals surface area contributed by atoms with Crippen LogP contribution in [0.3, 0.4) is 0 Å². The fraction of sp³-hybridized carbons (Fsp3) is 0.625. The molecule has 6 nitrogen and oxygen atoms in total. The van der Waals surface area contributed by atoms with E-state index in [4.69, 9.17) is 4.74 Å². The summed E-state index contributed by atoms with van der Waals surface area (Å²) in [4.78, 5) is 12.9. The third-order valence-corrected chi connectivity index (χ3v) is 8.25. The summed E-state index contributed by atoms with van der Waals surface area (Å²) in [5.41, 5.74) is 1.05. The summed E-state index contributed by atoms with van der Waals surface area (Å²) in [7, 11) is 1.66. The Bertz CT molecular complexity index is 918. The molecule has 1 N–H and O–H groups in total. The first kappa shape index (κ1) is 20.9. The molecule has 6 rings (SSSR count). The Hall–Kier alpha value is -2.02. The predicted molar refractivity (Wildman–Crippen MR) is 122 cm³/mol.